The second-order valence-electron chi connectivity index (χ2n) is 8.96. The molecule has 0 fully saturated rings. The van der Waals surface area contributed by atoms with Crippen LogP contribution in [0.5, 0.6) is 11.5 Å². The molecule has 0 bridgehead atoms. The van der Waals surface area contributed by atoms with Crippen molar-refractivity contribution in [1.29, 1.82) is 0 Å². The Hall–Kier alpha value is -2.32. The Morgan fingerprint density at radius 1 is 0.711 bits per heavy atom. The van der Waals surface area contributed by atoms with Gasteiger partial charge in [-0.3, -0.25) is 0 Å². The number of ether oxygens (including phenoxy) is 3. The maximum absolute atomic E-state index is 12.6. The van der Waals surface area contributed by atoms with Crippen molar-refractivity contribution in [2.75, 3.05) is 52.5 Å². The van der Waals surface area contributed by atoms with Crippen molar-refractivity contribution in [1.82, 2.24) is 9.80 Å². The van der Waals surface area contributed by atoms with Gasteiger partial charge in [0.2, 0.25) is 0 Å². The average Bonchev–Trinajstić information content (AvgIpc) is 2.91. The molecule has 0 unspecified atom stereocenters. The number of carbonyl (C=O) groups is 2. The molecule has 3 rings (SSSR count). The van der Waals surface area contributed by atoms with E-state index in [4.69, 9.17) is 14.2 Å². The maximum Gasteiger partial charge on any atom is 0.338 e. The Morgan fingerprint density at radius 3 is 1.47 bits per heavy atom. The summed E-state index contributed by atoms with van der Waals surface area (Å²) in [6.07, 6.45) is 2.18. The average molecular weight is 570 g/mol. The molecule has 7 nitrogen and oxygen atoms in total. The van der Waals surface area contributed by atoms with Crippen LogP contribution in [0.2, 0.25) is 0 Å². The monoisotopic (exact) mass is 568 g/mol. The highest BCUT2D eigenvalue weighted by Crippen LogP contribution is 2.37. The minimum absolute atomic E-state index is 0. The van der Waals surface area contributed by atoms with Crippen molar-refractivity contribution >= 4 is 36.8 Å². The van der Waals surface area contributed by atoms with E-state index in [2.05, 4.69) is 37.5 Å². The van der Waals surface area contributed by atoms with E-state index in [9.17, 15) is 9.59 Å². The fourth-order valence-electron chi connectivity index (χ4n) is 4.36. The number of carbonyl (C=O) groups excluding carboxylic acids is 2. The molecule has 1 aliphatic rings. The Morgan fingerprint density at radius 2 is 1.11 bits per heavy atom. The Kier molecular flexibility index (Phi) is 15.3. The van der Waals surface area contributed by atoms with E-state index in [0.717, 1.165) is 63.2 Å². The summed E-state index contributed by atoms with van der Waals surface area (Å²) in [5, 5.41) is 0. The number of esters is 2. The molecule has 0 saturated carbocycles. The second-order valence-corrected chi connectivity index (χ2v) is 8.96. The maximum atomic E-state index is 12.6. The third-order valence-corrected chi connectivity index (χ3v) is 6.69. The van der Waals surface area contributed by atoms with Crippen molar-refractivity contribution in [3.05, 3.63) is 58.7 Å². The molecule has 0 radical (unpaired) electrons. The lowest BCUT2D eigenvalue weighted by Gasteiger charge is -2.21. The molecular formula is C29H42Cl2N2O5. The molecule has 0 amide bonds. The fraction of sp³-hybridized carbons (Fsp3) is 0.517. The summed E-state index contributed by atoms with van der Waals surface area (Å²) in [4.78, 5) is 29.7. The third-order valence-electron chi connectivity index (χ3n) is 6.69. The number of hydrogen-bond acceptors (Lipinski definition) is 7. The zero-order valence-electron chi connectivity index (χ0n) is 23.0. The van der Waals surface area contributed by atoms with Gasteiger partial charge in [-0.2, -0.15) is 0 Å². The first kappa shape index (κ1) is 33.7. The predicted octanol–water partition coefficient (Wildman–Crippen LogP) is 6.00. The van der Waals surface area contributed by atoms with E-state index >= 15 is 0 Å². The highest BCUT2D eigenvalue weighted by atomic mass is 35.5. The number of rotatable bonds is 14. The molecule has 38 heavy (non-hydrogen) atoms. The minimum atomic E-state index is -0.329. The van der Waals surface area contributed by atoms with Crippen LogP contribution in [0.15, 0.2) is 36.4 Å². The molecular weight excluding hydrogens is 527 g/mol. The van der Waals surface area contributed by atoms with E-state index in [1.165, 1.54) is 0 Å². The SMILES string of the molecule is CCN(CC)CCCOC(=O)c1ccc2c(c1)Cc1cc(C(=O)OCCCN(CC)CC)ccc1O2.Cl.Cl. The van der Waals surface area contributed by atoms with Crippen molar-refractivity contribution in [3.8, 4) is 11.5 Å². The molecule has 212 valence electrons. The van der Waals surface area contributed by atoms with Gasteiger partial charge in [-0.25, -0.2) is 9.59 Å². The first-order chi connectivity index (χ1) is 17.5. The summed E-state index contributed by atoms with van der Waals surface area (Å²) < 4.78 is 17.0. The van der Waals surface area contributed by atoms with Crippen LogP contribution >= 0.6 is 24.8 Å². The Labute approximate surface area is 239 Å². The smallest absolute Gasteiger partial charge is 0.338 e. The van der Waals surface area contributed by atoms with Gasteiger partial charge in [0.1, 0.15) is 11.5 Å². The van der Waals surface area contributed by atoms with E-state index in [1.54, 1.807) is 12.1 Å². The van der Waals surface area contributed by atoms with Crippen LogP contribution in [0.25, 0.3) is 0 Å². The lowest BCUT2D eigenvalue weighted by molar-refractivity contribution is 0.0480. The number of hydrogen-bond donors (Lipinski definition) is 0. The number of benzene rings is 2. The quantitative estimate of drug-likeness (QED) is 0.174. The van der Waals surface area contributed by atoms with E-state index in [1.807, 2.05) is 24.3 Å². The summed E-state index contributed by atoms with van der Waals surface area (Å²) in [7, 11) is 0. The van der Waals surface area contributed by atoms with Crippen LogP contribution < -0.4 is 4.74 Å². The second kappa shape index (κ2) is 17.3. The van der Waals surface area contributed by atoms with Gasteiger partial charge in [0.25, 0.3) is 0 Å². The van der Waals surface area contributed by atoms with Crippen molar-refractivity contribution in [2.24, 2.45) is 0 Å². The molecule has 1 aliphatic heterocycles. The third kappa shape index (κ3) is 9.45. The van der Waals surface area contributed by atoms with Crippen LogP contribution in [0.4, 0.5) is 0 Å². The highest BCUT2D eigenvalue weighted by molar-refractivity contribution is 5.91. The van der Waals surface area contributed by atoms with Gasteiger partial charge in [0.05, 0.1) is 24.3 Å². The number of halogens is 2. The van der Waals surface area contributed by atoms with Gasteiger partial charge in [-0.05, 0) is 75.4 Å². The largest absolute Gasteiger partial charge is 0.462 e. The summed E-state index contributed by atoms with van der Waals surface area (Å²) >= 11 is 0. The van der Waals surface area contributed by atoms with Crippen molar-refractivity contribution in [3.63, 3.8) is 0 Å². The summed E-state index contributed by atoms with van der Waals surface area (Å²) in [5.41, 5.74) is 2.80. The van der Waals surface area contributed by atoms with Crippen LogP contribution in [0.3, 0.4) is 0 Å². The first-order valence-electron chi connectivity index (χ1n) is 13.2. The van der Waals surface area contributed by atoms with Crippen LogP contribution in [0.1, 0.15) is 72.4 Å². The van der Waals surface area contributed by atoms with Crippen molar-refractivity contribution in [2.45, 2.75) is 47.0 Å². The summed E-state index contributed by atoms with van der Waals surface area (Å²) in [6, 6.07) is 10.7. The van der Waals surface area contributed by atoms with E-state index < -0.39 is 0 Å². The van der Waals surface area contributed by atoms with Crippen LogP contribution in [-0.4, -0.2) is 74.2 Å². The molecule has 0 aromatic heterocycles. The van der Waals surface area contributed by atoms with Gasteiger partial charge in [0, 0.05) is 30.6 Å². The lowest BCUT2D eigenvalue weighted by Crippen LogP contribution is -2.25. The molecule has 2 aromatic carbocycles. The van der Waals surface area contributed by atoms with E-state index in [0.29, 0.717) is 42.3 Å². The minimum Gasteiger partial charge on any atom is -0.462 e. The summed E-state index contributed by atoms with van der Waals surface area (Å²) in [5.74, 6) is 0.773. The molecule has 0 saturated heterocycles. The van der Waals surface area contributed by atoms with Gasteiger partial charge < -0.3 is 24.0 Å². The fourth-order valence-corrected chi connectivity index (χ4v) is 4.36. The standard InChI is InChI=1S/C29H40N2O5.2ClH/c1-5-30(6-2)15-9-17-34-28(32)22-11-13-26-24(19-22)21-25-20-23(12-14-27(25)36-26)29(33)35-18-10-16-31(7-3)8-4;;/h11-14,19-20H,5-10,15-18,21H2,1-4H3;2*1H. The first-order valence-corrected chi connectivity index (χ1v) is 13.2. The highest BCUT2D eigenvalue weighted by Gasteiger charge is 2.21. The van der Waals surface area contributed by atoms with E-state index in [-0.39, 0.29) is 36.8 Å². The zero-order chi connectivity index (χ0) is 25.9. The molecule has 0 aliphatic carbocycles. The Bertz CT molecular complexity index is 947. The lowest BCUT2D eigenvalue weighted by atomic mass is 9.97. The molecule has 9 heteroatoms. The normalized spacial score (nSPS) is 11.5. The predicted molar refractivity (Wildman–Crippen MR) is 156 cm³/mol. The molecule has 2 aromatic rings. The van der Waals surface area contributed by atoms with Gasteiger partial charge in [-0.15, -0.1) is 24.8 Å². The van der Waals surface area contributed by atoms with Crippen LogP contribution in [0, 0.1) is 0 Å². The zero-order valence-corrected chi connectivity index (χ0v) is 24.6. The number of nitrogens with zero attached hydrogens (tertiary/aromatic N) is 2. The van der Waals surface area contributed by atoms with Gasteiger partial charge in [0.15, 0.2) is 0 Å². The topological polar surface area (TPSA) is 68.3 Å². The van der Waals surface area contributed by atoms with Gasteiger partial charge >= 0.3 is 11.9 Å². The molecule has 0 atom stereocenters. The molecule has 0 N–H and O–H groups in total. The van der Waals surface area contributed by atoms with Gasteiger partial charge in [-0.1, -0.05) is 27.7 Å². The molecule has 1 heterocycles. The Balaban J connectivity index is 0.00000361. The number of fused-ring (bicyclic) bond motifs is 2. The molecule has 0 spiro atoms. The van der Waals surface area contributed by atoms with Crippen LogP contribution in [-0.2, 0) is 15.9 Å². The summed E-state index contributed by atoms with van der Waals surface area (Å²) in [6.45, 7) is 15.1. The van der Waals surface area contributed by atoms with Crippen molar-refractivity contribution < 1.29 is 23.8 Å².